The standard InChI is InChI=1S/C16H22N2O/c1-12-7-8-15(19-12)11-18-14(10-17-2)9-13-5-3-4-6-16(13)18/h3-6,9,12,15,17H,7-8,10-11H2,1-2H3. The molecule has 2 heterocycles. The van der Waals surface area contributed by atoms with Gasteiger partial charge < -0.3 is 14.6 Å². The quantitative estimate of drug-likeness (QED) is 0.912. The SMILES string of the molecule is CNCc1cc2ccccc2n1CC1CCC(C)O1. The van der Waals surface area contributed by atoms with E-state index >= 15 is 0 Å². The van der Waals surface area contributed by atoms with Gasteiger partial charge >= 0.3 is 0 Å². The highest BCUT2D eigenvalue weighted by molar-refractivity contribution is 5.81. The zero-order valence-electron chi connectivity index (χ0n) is 11.7. The summed E-state index contributed by atoms with van der Waals surface area (Å²) in [5.74, 6) is 0. The lowest BCUT2D eigenvalue weighted by Crippen LogP contribution is -2.19. The molecule has 1 saturated heterocycles. The zero-order valence-corrected chi connectivity index (χ0v) is 11.7. The Kier molecular flexibility index (Phi) is 3.58. The summed E-state index contributed by atoms with van der Waals surface area (Å²) in [5, 5.41) is 4.58. The first-order valence-corrected chi connectivity index (χ1v) is 7.15. The van der Waals surface area contributed by atoms with Crippen LogP contribution in [0.4, 0.5) is 0 Å². The molecule has 2 unspecified atom stereocenters. The first-order valence-electron chi connectivity index (χ1n) is 7.15. The van der Waals surface area contributed by atoms with Gasteiger partial charge in [0.2, 0.25) is 0 Å². The minimum absolute atomic E-state index is 0.362. The number of ether oxygens (including phenoxy) is 1. The summed E-state index contributed by atoms with van der Waals surface area (Å²) in [4.78, 5) is 0. The summed E-state index contributed by atoms with van der Waals surface area (Å²) in [5.41, 5.74) is 2.66. The fraction of sp³-hybridized carbons (Fsp3) is 0.500. The molecule has 1 fully saturated rings. The van der Waals surface area contributed by atoms with Crippen LogP contribution in [0.15, 0.2) is 30.3 Å². The normalized spacial score (nSPS) is 23.3. The van der Waals surface area contributed by atoms with Crippen LogP contribution >= 0.6 is 0 Å². The molecule has 19 heavy (non-hydrogen) atoms. The lowest BCUT2D eigenvalue weighted by atomic mass is 10.2. The first-order chi connectivity index (χ1) is 9.28. The Morgan fingerprint density at radius 3 is 2.89 bits per heavy atom. The molecule has 0 saturated carbocycles. The van der Waals surface area contributed by atoms with Crippen LogP contribution in [0, 0.1) is 0 Å². The maximum atomic E-state index is 5.98. The molecule has 2 atom stereocenters. The Labute approximate surface area is 114 Å². The molecule has 0 spiro atoms. The highest BCUT2D eigenvalue weighted by atomic mass is 16.5. The van der Waals surface area contributed by atoms with Gasteiger partial charge in [-0.1, -0.05) is 18.2 Å². The summed E-state index contributed by atoms with van der Waals surface area (Å²) in [6.07, 6.45) is 3.14. The van der Waals surface area contributed by atoms with E-state index in [1.54, 1.807) is 0 Å². The summed E-state index contributed by atoms with van der Waals surface area (Å²) in [6, 6.07) is 10.9. The molecule has 0 radical (unpaired) electrons. The highest BCUT2D eigenvalue weighted by Crippen LogP contribution is 2.25. The minimum Gasteiger partial charge on any atom is -0.373 e. The van der Waals surface area contributed by atoms with Crippen molar-refractivity contribution in [3.05, 3.63) is 36.0 Å². The lowest BCUT2D eigenvalue weighted by molar-refractivity contribution is 0.0460. The van der Waals surface area contributed by atoms with Crippen molar-refractivity contribution in [2.75, 3.05) is 7.05 Å². The summed E-state index contributed by atoms with van der Waals surface area (Å²) < 4.78 is 8.39. The average molecular weight is 258 g/mol. The van der Waals surface area contributed by atoms with E-state index in [2.05, 4.69) is 47.1 Å². The largest absolute Gasteiger partial charge is 0.373 e. The van der Waals surface area contributed by atoms with Gasteiger partial charge in [0.15, 0.2) is 0 Å². The Bertz CT molecular complexity index is 561. The van der Waals surface area contributed by atoms with Crippen molar-refractivity contribution in [3.63, 3.8) is 0 Å². The number of benzene rings is 1. The van der Waals surface area contributed by atoms with Crippen LogP contribution < -0.4 is 5.32 Å². The molecular weight excluding hydrogens is 236 g/mol. The highest BCUT2D eigenvalue weighted by Gasteiger charge is 2.23. The van der Waals surface area contributed by atoms with Gasteiger partial charge in [0.1, 0.15) is 0 Å². The summed E-state index contributed by atoms with van der Waals surface area (Å²) in [7, 11) is 2.00. The minimum atomic E-state index is 0.362. The number of rotatable bonds is 4. The Hall–Kier alpha value is -1.32. The molecule has 1 aliphatic heterocycles. The van der Waals surface area contributed by atoms with E-state index in [0.717, 1.165) is 13.1 Å². The molecule has 1 aromatic carbocycles. The van der Waals surface area contributed by atoms with Gasteiger partial charge in [-0.05, 0) is 44.3 Å². The number of hydrogen-bond donors (Lipinski definition) is 1. The Morgan fingerprint density at radius 2 is 2.16 bits per heavy atom. The maximum absolute atomic E-state index is 5.98. The van der Waals surface area contributed by atoms with Crippen LogP contribution in [0.1, 0.15) is 25.5 Å². The van der Waals surface area contributed by atoms with Crippen LogP contribution in [0.25, 0.3) is 10.9 Å². The number of hydrogen-bond acceptors (Lipinski definition) is 2. The van der Waals surface area contributed by atoms with Crippen molar-refractivity contribution in [3.8, 4) is 0 Å². The van der Waals surface area contributed by atoms with E-state index in [0.29, 0.717) is 12.2 Å². The molecule has 1 N–H and O–H groups in total. The number of para-hydroxylation sites is 1. The Balaban J connectivity index is 1.93. The second-order valence-electron chi connectivity index (χ2n) is 5.48. The predicted octanol–water partition coefficient (Wildman–Crippen LogP) is 2.93. The lowest BCUT2D eigenvalue weighted by Gasteiger charge is -2.16. The molecule has 1 aromatic heterocycles. The molecule has 3 nitrogen and oxygen atoms in total. The Morgan fingerprint density at radius 1 is 1.32 bits per heavy atom. The smallest absolute Gasteiger partial charge is 0.0758 e. The van der Waals surface area contributed by atoms with Crippen molar-refractivity contribution < 1.29 is 4.74 Å². The molecule has 3 heteroatoms. The van der Waals surface area contributed by atoms with Crippen LogP contribution in [-0.4, -0.2) is 23.8 Å². The van der Waals surface area contributed by atoms with Gasteiger partial charge in [0.05, 0.1) is 12.2 Å². The van der Waals surface area contributed by atoms with Crippen molar-refractivity contribution in [1.29, 1.82) is 0 Å². The van der Waals surface area contributed by atoms with E-state index in [4.69, 9.17) is 4.74 Å². The third kappa shape index (κ3) is 2.53. The third-order valence-corrected chi connectivity index (χ3v) is 3.96. The molecule has 1 aliphatic rings. The zero-order chi connectivity index (χ0) is 13.2. The van der Waals surface area contributed by atoms with Crippen LogP contribution in [0.2, 0.25) is 0 Å². The maximum Gasteiger partial charge on any atom is 0.0758 e. The summed E-state index contributed by atoms with van der Waals surface area (Å²) >= 11 is 0. The summed E-state index contributed by atoms with van der Waals surface area (Å²) in [6.45, 7) is 4.04. The molecule has 0 bridgehead atoms. The second-order valence-corrected chi connectivity index (χ2v) is 5.48. The molecule has 0 amide bonds. The van der Waals surface area contributed by atoms with E-state index in [1.165, 1.54) is 29.4 Å². The molecular formula is C16H22N2O. The van der Waals surface area contributed by atoms with Crippen LogP contribution in [0.3, 0.4) is 0 Å². The number of nitrogens with zero attached hydrogens (tertiary/aromatic N) is 1. The van der Waals surface area contributed by atoms with Crippen LogP contribution in [-0.2, 0) is 17.8 Å². The van der Waals surface area contributed by atoms with Crippen molar-refractivity contribution in [1.82, 2.24) is 9.88 Å². The predicted molar refractivity (Wildman–Crippen MR) is 78.3 cm³/mol. The molecule has 0 aliphatic carbocycles. The topological polar surface area (TPSA) is 26.2 Å². The average Bonchev–Trinajstić information content (AvgIpc) is 2.96. The molecule has 102 valence electrons. The number of fused-ring (bicyclic) bond motifs is 1. The van der Waals surface area contributed by atoms with Crippen molar-refractivity contribution >= 4 is 10.9 Å². The monoisotopic (exact) mass is 258 g/mol. The second kappa shape index (κ2) is 5.35. The molecule has 2 aromatic rings. The van der Waals surface area contributed by atoms with E-state index < -0.39 is 0 Å². The van der Waals surface area contributed by atoms with Gasteiger partial charge in [-0.25, -0.2) is 0 Å². The fourth-order valence-corrected chi connectivity index (χ4v) is 3.03. The van der Waals surface area contributed by atoms with Gasteiger partial charge in [0.25, 0.3) is 0 Å². The number of nitrogens with one attached hydrogen (secondary N) is 1. The molecule has 3 rings (SSSR count). The van der Waals surface area contributed by atoms with Crippen LogP contribution in [0.5, 0.6) is 0 Å². The van der Waals surface area contributed by atoms with Gasteiger partial charge in [0, 0.05) is 24.3 Å². The van der Waals surface area contributed by atoms with Gasteiger partial charge in [-0.2, -0.15) is 0 Å². The van der Waals surface area contributed by atoms with E-state index in [1.807, 2.05) is 7.05 Å². The van der Waals surface area contributed by atoms with Crippen molar-refractivity contribution in [2.24, 2.45) is 0 Å². The third-order valence-electron chi connectivity index (χ3n) is 3.96. The number of aromatic nitrogens is 1. The first kappa shape index (κ1) is 12.7. The fourth-order valence-electron chi connectivity index (χ4n) is 3.03. The van der Waals surface area contributed by atoms with E-state index in [-0.39, 0.29) is 0 Å². The van der Waals surface area contributed by atoms with Gasteiger partial charge in [-0.15, -0.1) is 0 Å². The van der Waals surface area contributed by atoms with E-state index in [9.17, 15) is 0 Å². The van der Waals surface area contributed by atoms with Crippen molar-refractivity contribution in [2.45, 2.75) is 45.1 Å². The van der Waals surface area contributed by atoms with Gasteiger partial charge in [-0.3, -0.25) is 0 Å².